The van der Waals surface area contributed by atoms with Gasteiger partial charge in [-0.25, -0.2) is 0 Å². The highest BCUT2D eigenvalue weighted by atomic mass is 32.2. The number of hydrogen-bond acceptors (Lipinski definition) is 8. The third-order valence-electron chi connectivity index (χ3n) is 6.24. The van der Waals surface area contributed by atoms with Gasteiger partial charge in [0.05, 0.1) is 12.1 Å². The molecule has 2 aliphatic heterocycles. The zero-order valence-corrected chi connectivity index (χ0v) is 19.6. The van der Waals surface area contributed by atoms with Crippen LogP contribution < -0.4 is 10.6 Å². The maximum atomic E-state index is 13.0. The van der Waals surface area contributed by atoms with E-state index in [2.05, 4.69) is 27.8 Å². The average Bonchev–Trinajstić information content (AvgIpc) is 3.26. The molecule has 1 aromatic rings. The van der Waals surface area contributed by atoms with E-state index in [1.165, 1.54) is 11.8 Å². The lowest BCUT2D eigenvalue weighted by molar-refractivity contribution is -0.208. The summed E-state index contributed by atoms with van der Waals surface area (Å²) < 4.78 is 5.89. The smallest absolute Gasteiger partial charge is 0.237 e. The Balaban J connectivity index is 1.56. The van der Waals surface area contributed by atoms with Gasteiger partial charge in [-0.3, -0.25) is 9.78 Å². The molecule has 3 rings (SSSR count). The summed E-state index contributed by atoms with van der Waals surface area (Å²) in [5, 5.41) is 37.2. The maximum Gasteiger partial charge on any atom is 0.237 e. The second-order valence-corrected chi connectivity index (χ2v) is 9.87. The van der Waals surface area contributed by atoms with Gasteiger partial charge in [0.1, 0.15) is 29.9 Å². The van der Waals surface area contributed by atoms with Gasteiger partial charge in [0.15, 0.2) is 0 Å². The van der Waals surface area contributed by atoms with Crippen LogP contribution in [0.4, 0.5) is 0 Å². The number of nitrogens with zero attached hydrogens (tertiary/aromatic N) is 1. The fourth-order valence-corrected chi connectivity index (χ4v) is 5.00. The van der Waals surface area contributed by atoms with E-state index in [4.69, 9.17) is 4.74 Å². The molecular weight excluding hydrogens is 430 g/mol. The van der Waals surface area contributed by atoms with Gasteiger partial charge in [-0.05, 0) is 55.2 Å². The highest BCUT2D eigenvalue weighted by Gasteiger charge is 2.47. The number of amides is 1. The van der Waals surface area contributed by atoms with Crippen LogP contribution in [0.15, 0.2) is 30.6 Å². The molecule has 2 saturated heterocycles. The Morgan fingerprint density at radius 3 is 2.66 bits per heavy atom. The summed E-state index contributed by atoms with van der Waals surface area (Å²) in [6, 6.07) is 3.08. The number of aliphatic hydroxyl groups is 3. The van der Waals surface area contributed by atoms with Crippen LogP contribution in [-0.2, 0) is 9.53 Å². The highest BCUT2D eigenvalue weighted by Crippen LogP contribution is 2.30. The van der Waals surface area contributed by atoms with Crippen molar-refractivity contribution < 1.29 is 24.9 Å². The lowest BCUT2D eigenvalue weighted by Gasteiger charge is -2.44. The molecule has 0 saturated carbocycles. The predicted octanol–water partition coefficient (Wildman–Crippen LogP) is 0.774. The molecule has 3 heterocycles. The van der Waals surface area contributed by atoms with E-state index in [-0.39, 0.29) is 17.9 Å². The van der Waals surface area contributed by atoms with Crippen molar-refractivity contribution in [1.29, 1.82) is 0 Å². The van der Waals surface area contributed by atoms with E-state index in [0.29, 0.717) is 5.92 Å². The zero-order valence-electron chi connectivity index (χ0n) is 18.8. The normalized spacial score (nSPS) is 34.2. The second kappa shape index (κ2) is 11.6. The Hall–Kier alpha value is -1.49. The Kier molecular flexibility index (Phi) is 9.10. The molecule has 1 aromatic heterocycles. The summed E-state index contributed by atoms with van der Waals surface area (Å²) in [4.78, 5) is 17.0. The van der Waals surface area contributed by atoms with Gasteiger partial charge in [-0.2, -0.15) is 0 Å². The SMILES string of the molecule is CSC1OC(C(NC(=O)C2CC(CC=Cc3ccncc3)CN2)C(C)C)C(O)C(O)C1O. The van der Waals surface area contributed by atoms with Crippen molar-refractivity contribution in [2.24, 2.45) is 11.8 Å². The number of aromatic nitrogens is 1. The summed E-state index contributed by atoms with van der Waals surface area (Å²) in [6.07, 6.45) is 6.46. The number of pyridine rings is 1. The van der Waals surface area contributed by atoms with Crippen LogP contribution in [0.5, 0.6) is 0 Å². The van der Waals surface area contributed by atoms with Gasteiger partial charge in [-0.15, -0.1) is 11.8 Å². The fraction of sp³-hybridized carbons (Fsp3) is 0.652. The minimum absolute atomic E-state index is 0.0379. The molecule has 8 unspecified atom stereocenters. The number of aliphatic hydroxyl groups excluding tert-OH is 3. The quantitative estimate of drug-likeness (QED) is 0.382. The third kappa shape index (κ3) is 6.09. The molecule has 2 aliphatic rings. The van der Waals surface area contributed by atoms with Crippen LogP contribution in [0.2, 0.25) is 0 Å². The van der Waals surface area contributed by atoms with E-state index in [0.717, 1.165) is 24.9 Å². The maximum absolute atomic E-state index is 13.0. The number of hydrogen-bond donors (Lipinski definition) is 5. The number of carbonyl (C=O) groups is 1. The Morgan fingerprint density at radius 2 is 2.00 bits per heavy atom. The minimum atomic E-state index is -1.33. The second-order valence-electron chi connectivity index (χ2n) is 8.94. The van der Waals surface area contributed by atoms with Crippen LogP contribution in [0.3, 0.4) is 0 Å². The van der Waals surface area contributed by atoms with Crippen molar-refractivity contribution in [2.75, 3.05) is 12.8 Å². The van der Waals surface area contributed by atoms with Crippen LogP contribution in [-0.4, -0.2) is 80.9 Å². The number of ether oxygens (including phenoxy) is 1. The first-order valence-electron chi connectivity index (χ1n) is 11.1. The van der Waals surface area contributed by atoms with Crippen LogP contribution >= 0.6 is 11.8 Å². The molecule has 0 spiro atoms. The number of nitrogens with one attached hydrogen (secondary N) is 2. The summed E-state index contributed by atoms with van der Waals surface area (Å²) in [5.41, 5.74) is 0.430. The van der Waals surface area contributed by atoms with Gasteiger partial charge in [0, 0.05) is 12.4 Å². The largest absolute Gasteiger partial charge is 0.388 e. The Labute approximate surface area is 193 Å². The van der Waals surface area contributed by atoms with Crippen molar-refractivity contribution in [3.05, 3.63) is 36.2 Å². The van der Waals surface area contributed by atoms with Crippen molar-refractivity contribution in [3.8, 4) is 0 Å². The van der Waals surface area contributed by atoms with E-state index in [9.17, 15) is 20.1 Å². The summed E-state index contributed by atoms with van der Waals surface area (Å²) in [6.45, 7) is 4.62. The number of allylic oxidation sites excluding steroid dienone is 1. The molecule has 9 heteroatoms. The molecule has 8 atom stereocenters. The minimum Gasteiger partial charge on any atom is -0.388 e. The van der Waals surface area contributed by atoms with E-state index in [1.807, 2.05) is 26.0 Å². The molecule has 0 aliphatic carbocycles. The summed E-state index contributed by atoms with van der Waals surface area (Å²) in [5.74, 6) is 0.182. The van der Waals surface area contributed by atoms with Crippen LogP contribution in [0, 0.1) is 11.8 Å². The average molecular weight is 466 g/mol. The summed E-state index contributed by atoms with van der Waals surface area (Å²) in [7, 11) is 0. The monoisotopic (exact) mass is 465 g/mol. The van der Waals surface area contributed by atoms with Crippen molar-refractivity contribution in [2.45, 2.75) is 68.6 Å². The molecule has 0 radical (unpaired) electrons. The molecule has 8 nitrogen and oxygen atoms in total. The lowest BCUT2D eigenvalue weighted by atomic mass is 9.88. The van der Waals surface area contributed by atoms with E-state index >= 15 is 0 Å². The highest BCUT2D eigenvalue weighted by molar-refractivity contribution is 7.99. The van der Waals surface area contributed by atoms with Crippen LogP contribution in [0.25, 0.3) is 6.08 Å². The molecule has 1 amide bonds. The number of carbonyl (C=O) groups excluding carboxylic acids is 1. The first kappa shape index (κ1) is 25.1. The standard InChI is InChI=1S/C23H35N3O5S/c1-13(2)17(21-19(28)18(27)20(29)23(31-21)32-3)26-22(30)16-11-15(12-25-16)6-4-5-14-7-9-24-10-8-14/h4-5,7-10,13,15-21,23,25,27-29H,6,11-12H2,1-3H3,(H,26,30). The third-order valence-corrected chi connectivity index (χ3v) is 7.10. The van der Waals surface area contributed by atoms with Gasteiger partial charge >= 0.3 is 0 Å². The molecule has 5 N–H and O–H groups in total. The molecular formula is C23H35N3O5S. The fourth-order valence-electron chi connectivity index (χ4n) is 4.32. The van der Waals surface area contributed by atoms with Crippen molar-refractivity contribution in [3.63, 3.8) is 0 Å². The van der Waals surface area contributed by atoms with Gasteiger partial charge < -0.3 is 30.7 Å². The molecule has 0 aromatic carbocycles. The molecule has 2 fully saturated rings. The molecule has 178 valence electrons. The van der Waals surface area contributed by atoms with Gasteiger partial charge in [0.2, 0.25) is 5.91 Å². The van der Waals surface area contributed by atoms with Crippen molar-refractivity contribution in [1.82, 2.24) is 15.6 Å². The van der Waals surface area contributed by atoms with E-state index in [1.54, 1.807) is 18.6 Å². The predicted molar refractivity (Wildman–Crippen MR) is 125 cm³/mol. The Bertz CT molecular complexity index is 763. The number of rotatable bonds is 8. The van der Waals surface area contributed by atoms with Crippen molar-refractivity contribution >= 4 is 23.7 Å². The molecule has 32 heavy (non-hydrogen) atoms. The summed E-state index contributed by atoms with van der Waals surface area (Å²) >= 11 is 1.26. The first-order valence-corrected chi connectivity index (χ1v) is 12.4. The van der Waals surface area contributed by atoms with Gasteiger partial charge in [0.25, 0.3) is 0 Å². The Morgan fingerprint density at radius 1 is 1.28 bits per heavy atom. The molecule has 0 bridgehead atoms. The van der Waals surface area contributed by atoms with Gasteiger partial charge in [-0.1, -0.05) is 26.0 Å². The number of thioether (sulfide) groups is 1. The topological polar surface area (TPSA) is 124 Å². The van der Waals surface area contributed by atoms with Crippen LogP contribution in [0.1, 0.15) is 32.3 Å². The first-order chi connectivity index (χ1) is 15.3. The van der Waals surface area contributed by atoms with E-state index < -0.39 is 35.9 Å². The lowest BCUT2D eigenvalue weighted by Crippen LogP contribution is -2.64. The zero-order chi connectivity index (χ0) is 23.3.